The number of fused-ring (bicyclic) bond motifs is 1. The molecule has 3 heterocycles. The number of hydrogen-bond donors (Lipinski definition) is 0. The van der Waals surface area contributed by atoms with Crippen molar-refractivity contribution in [3.05, 3.63) is 42.0 Å². The molecule has 3 aromatic rings. The third kappa shape index (κ3) is 2.50. The Morgan fingerprint density at radius 3 is 2.70 bits per heavy atom. The van der Waals surface area contributed by atoms with Crippen LogP contribution in [0.1, 0.15) is 24.8 Å². The number of aromatic nitrogens is 4. The first-order valence-corrected chi connectivity index (χ1v) is 7.83. The minimum absolute atomic E-state index is 0.603. The van der Waals surface area contributed by atoms with Crippen LogP contribution in [0.3, 0.4) is 0 Å². The second-order valence-electron chi connectivity index (χ2n) is 5.73. The van der Waals surface area contributed by atoms with Gasteiger partial charge in [-0.05, 0) is 43.5 Å². The molecule has 6 nitrogen and oxygen atoms in total. The molecule has 114 valence electrons. The van der Waals surface area contributed by atoms with E-state index in [-0.39, 0.29) is 0 Å². The zero-order valence-corrected chi connectivity index (χ0v) is 12.7. The molecule has 1 aliphatic heterocycles. The van der Waals surface area contributed by atoms with Gasteiger partial charge in [0.15, 0.2) is 11.5 Å². The summed E-state index contributed by atoms with van der Waals surface area (Å²) in [7, 11) is 0. The van der Waals surface area contributed by atoms with Gasteiger partial charge < -0.3 is 4.90 Å². The van der Waals surface area contributed by atoms with Crippen LogP contribution in [0.15, 0.2) is 36.4 Å². The predicted molar refractivity (Wildman–Crippen MR) is 87.0 cm³/mol. The van der Waals surface area contributed by atoms with Crippen molar-refractivity contribution in [2.45, 2.75) is 19.3 Å². The maximum atomic E-state index is 9.07. The van der Waals surface area contributed by atoms with E-state index in [4.69, 9.17) is 10.4 Å². The largest absolute Gasteiger partial charge is 0.355 e. The van der Waals surface area contributed by atoms with Gasteiger partial charge in [0.2, 0.25) is 0 Å². The molecule has 1 aromatic carbocycles. The number of hydrogen-bond acceptors (Lipinski definition) is 5. The average Bonchev–Trinajstić information content (AvgIpc) is 3.05. The van der Waals surface area contributed by atoms with E-state index in [0.717, 1.165) is 24.5 Å². The SMILES string of the molecule is N#Cc1cccc(-c2nnc3ccc(N4CCCCC4)nn23)c1. The van der Waals surface area contributed by atoms with E-state index in [1.165, 1.54) is 19.3 Å². The molecule has 1 fully saturated rings. The number of piperidine rings is 1. The maximum absolute atomic E-state index is 9.07. The van der Waals surface area contributed by atoms with E-state index < -0.39 is 0 Å². The smallest absolute Gasteiger partial charge is 0.185 e. The van der Waals surface area contributed by atoms with Crippen LogP contribution in [-0.2, 0) is 0 Å². The highest BCUT2D eigenvalue weighted by molar-refractivity contribution is 5.61. The van der Waals surface area contributed by atoms with Crippen molar-refractivity contribution < 1.29 is 0 Å². The van der Waals surface area contributed by atoms with Crippen molar-refractivity contribution in [1.82, 2.24) is 19.8 Å². The summed E-state index contributed by atoms with van der Waals surface area (Å²) in [6.45, 7) is 2.08. The summed E-state index contributed by atoms with van der Waals surface area (Å²) in [6.07, 6.45) is 3.70. The Morgan fingerprint density at radius 2 is 1.87 bits per heavy atom. The van der Waals surface area contributed by atoms with E-state index in [9.17, 15) is 0 Å². The maximum Gasteiger partial charge on any atom is 0.185 e. The fourth-order valence-electron chi connectivity index (χ4n) is 2.98. The predicted octanol–water partition coefficient (Wildman–Crippen LogP) is 2.65. The minimum Gasteiger partial charge on any atom is -0.355 e. The van der Waals surface area contributed by atoms with Crippen LogP contribution in [0, 0.1) is 11.3 Å². The highest BCUT2D eigenvalue weighted by atomic mass is 15.4. The molecule has 2 aromatic heterocycles. The van der Waals surface area contributed by atoms with Gasteiger partial charge >= 0.3 is 0 Å². The molecule has 4 rings (SSSR count). The number of nitrogens with zero attached hydrogens (tertiary/aromatic N) is 6. The summed E-state index contributed by atoms with van der Waals surface area (Å²) in [5, 5.41) is 22.2. The summed E-state index contributed by atoms with van der Waals surface area (Å²) >= 11 is 0. The van der Waals surface area contributed by atoms with Crippen LogP contribution in [0.5, 0.6) is 0 Å². The molecular weight excluding hydrogens is 288 g/mol. The lowest BCUT2D eigenvalue weighted by Crippen LogP contribution is -2.30. The number of nitriles is 1. The lowest BCUT2D eigenvalue weighted by Gasteiger charge is -2.27. The highest BCUT2D eigenvalue weighted by Crippen LogP contribution is 2.22. The molecule has 0 radical (unpaired) electrons. The Balaban J connectivity index is 1.79. The van der Waals surface area contributed by atoms with Gasteiger partial charge in [0.1, 0.15) is 5.82 Å². The lowest BCUT2D eigenvalue weighted by atomic mass is 10.1. The molecule has 0 saturated carbocycles. The third-order valence-corrected chi connectivity index (χ3v) is 4.18. The van der Waals surface area contributed by atoms with Gasteiger partial charge in [0.05, 0.1) is 11.6 Å². The summed E-state index contributed by atoms with van der Waals surface area (Å²) in [6, 6.07) is 13.5. The summed E-state index contributed by atoms with van der Waals surface area (Å²) < 4.78 is 1.76. The van der Waals surface area contributed by atoms with Crippen molar-refractivity contribution >= 4 is 11.5 Å². The van der Waals surface area contributed by atoms with E-state index >= 15 is 0 Å². The van der Waals surface area contributed by atoms with Crippen molar-refractivity contribution in [3.8, 4) is 17.5 Å². The van der Waals surface area contributed by atoms with Crippen molar-refractivity contribution in [1.29, 1.82) is 5.26 Å². The molecular formula is C17H16N6. The fraction of sp³-hybridized carbons (Fsp3) is 0.294. The Labute approximate surface area is 134 Å². The molecule has 0 aliphatic carbocycles. The van der Waals surface area contributed by atoms with Gasteiger partial charge in [0, 0.05) is 18.7 Å². The minimum atomic E-state index is 0.603. The summed E-state index contributed by atoms with van der Waals surface area (Å²) in [5.74, 6) is 1.62. The molecule has 1 saturated heterocycles. The zero-order valence-electron chi connectivity index (χ0n) is 12.7. The van der Waals surface area contributed by atoms with Gasteiger partial charge in [-0.3, -0.25) is 0 Å². The van der Waals surface area contributed by atoms with Crippen LogP contribution in [0.4, 0.5) is 5.82 Å². The zero-order chi connectivity index (χ0) is 15.6. The van der Waals surface area contributed by atoms with Crippen molar-refractivity contribution in [3.63, 3.8) is 0 Å². The average molecular weight is 304 g/mol. The first-order valence-electron chi connectivity index (χ1n) is 7.83. The summed E-state index contributed by atoms with van der Waals surface area (Å²) in [4.78, 5) is 2.30. The summed E-state index contributed by atoms with van der Waals surface area (Å²) in [5.41, 5.74) is 2.16. The van der Waals surface area contributed by atoms with E-state index in [1.807, 2.05) is 30.3 Å². The molecule has 0 atom stereocenters. The van der Waals surface area contributed by atoms with Crippen molar-refractivity contribution in [2.75, 3.05) is 18.0 Å². The molecule has 0 N–H and O–H groups in total. The Kier molecular flexibility index (Phi) is 3.39. The first-order chi connectivity index (χ1) is 11.3. The van der Waals surface area contributed by atoms with E-state index in [1.54, 1.807) is 10.6 Å². The molecule has 0 spiro atoms. The molecule has 0 unspecified atom stereocenters. The van der Waals surface area contributed by atoms with E-state index in [2.05, 4.69) is 21.2 Å². The second kappa shape index (κ2) is 5.69. The number of rotatable bonds is 2. The van der Waals surface area contributed by atoms with Gasteiger partial charge in [-0.25, -0.2) is 0 Å². The van der Waals surface area contributed by atoms with Crippen LogP contribution in [0.25, 0.3) is 17.0 Å². The molecule has 23 heavy (non-hydrogen) atoms. The molecule has 0 amide bonds. The van der Waals surface area contributed by atoms with Gasteiger partial charge in [0.25, 0.3) is 0 Å². The van der Waals surface area contributed by atoms with Gasteiger partial charge in [-0.2, -0.15) is 9.78 Å². The monoisotopic (exact) mass is 304 g/mol. The van der Waals surface area contributed by atoms with E-state index in [0.29, 0.717) is 17.0 Å². The van der Waals surface area contributed by atoms with Crippen LogP contribution in [-0.4, -0.2) is 32.9 Å². The van der Waals surface area contributed by atoms with Crippen LogP contribution < -0.4 is 4.90 Å². The normalized spacial score (nSPS) is 14.8. The Morgan fingerprint density at radius 1 is 1.00 bits per heavy atom. The first kappa shape index (κ1) is 13.7. The Bertz CT molecular complexity index is 885. The fourth-order valence-corrected chi connectivity index (χ4v) is 2.98. The standard InChI is InChI=1S/C17H16N6/c18-12-13-5-4-6-14(11-13)17-20-19-15-7-8-16(21-23(15)17)22-9-2-1-3-10-22/h4-8,11H,1-3,9-10H2. The number of benzene rings is 1. The Hall–Kier alpha value is -2.94. The molecule has 6 heteroatoms. The second-order valence-corrected chi connectivity index (χ2v) is 5.73. The number of anilines is 1. The third-order valence-electron chi connectivity index (χ3n) is 4.18. The molecule has 0 bridgehead atoms. The molecule has 1 aliphatic rings. The van der Waals surface area contributed by atoms with Gasteiger partial charge in [-0.1, -0.05) is 12.1 Å². The van der Waals surface area contributed by atoms with Crippen molar-refractivity contribution in [2.24, 2.45) is 0 Å². The van der Waals surface area contributed by atoms with Gasteiger partial charge in [-0.15, -0.1) is 15.3 Å². The van der Waals surface area contributed by atoms with Crippen LogP contribution >= 0.6 is 0 Å². The lowest BCUT2D eigenvalue weighted by molar-refractivity contribution is 0.570. The highest BCUT2D eigenvalue weighted by Gasteiger charge is 2.15. The topological polar surface area (TPSA) is 70.1 Å². The quantitative estimate of drug-likeness (QED) is 0.728. The van der Waals surface area contributed by atoms with Crippen LogP contribution in [0.2, 0.25) is 0 Å².